The number of benzene rings is 1. The van der Waals surface area contributed by atoms with Crippen molar-refractivity contribution in [2.75, 3.05) is 19.6 Å². The van der Waals surface area contributed by atoms with Gasteiger partial charge in [-0.3, -0.25) is 4.79 Å². The average Bonchev–Trinajstić information content (AvgIpc) is 2.73. The molecule has 1 aliphatic heterocycles. The molecule has 1 heterocycles. The van der Waals surface area contributed by atoms with Crippen LogP contribution in [-0.4, -0.2) is 30.4 Å². The summed E-state index contributed by atoms with van der Waals surface area (Å²) < 4.78 is 0. The van der Waals surface area contributed by atoms with E-state index in [1.807, 2.05) is 12.1 Å². The summed E-state index contributed by atoms with van der Waals surface area (Å²) in [5.41, 5.74) is 9.31. The first-order valence-corrected chi connectivity index (χ1v) is 7.07. The Morgan fingerprint density at radius 3 is 2.70 bits per heavy atom. The fourth-order valence-electron chi connectivity index (χ4n) is 2.36. The van der Waals surface area contributed by atoms with Crippen molar-refractivity contribution < 1.29 is 4.79 Å². The first-order chi connectivity index (χ1) is 9.58. The van der Waals surface area contributed by atoms with Crippen LogP contribution in [0.25, 0.3) is 10.4 Å². The van der Waals surface area contributed by atoms with Crippen LogP contribution in [0.2, 0.25) is 10.0 Å². The van der Waals surface area contributed by atoms with Crippen molar-refractivity contribution in [2.45, 2.75) is 12.8 Å². The maximum Gasteiger partial charge on any atom is 0.222 e. The Morgan fingerprint density at radius 1 is 1.35 bits per heavy atom. The number of likely N-dealkylation sites (tertiary alicyclic amines) is 1. The third kappa shape index (κ3) is 4.04. The van der Waals surface area contributed by atoms with Crippen molar-refractivity contribution in [1.82, 2.24) is 4.90 Å². The number of hydrogen-bond donors (Lipinski definition) is 0. The van der Waals surface area contributed by atoms with Gasteiger partial charge in [-0.2, -0.15) is 0 Å². The van der Waals surface area contributed by atoms with E-state index in [1.54, 1.807) is 11.0 Å². The Kier molecular flexibility index (Phi) is 5.12. The Balaban J connectivity index is 1.90. The summed E-state index contributed by atoms with van der Waals surface area (Å²) in [6.07, 6.45) is 1.16. The van der Waals surface area contributed by atoms with E-state index in [2.05, 4.69) is 10.0 Å². The fraction of sp³-hybridized carbons (Fsp3) is 0.462. The zero-order valence-corrected chi connectivity index (χ0v) is 12.3. The van der Waals surface area contributed by atoms with Crippen molar-refractivity contribution in [3.63, 3.8) is 0 Å². The van der Waals surface area contributed by atoms with Crippen molar-refractivity contribution in [2.24, 2.45) is 11.0 Å². The number of carbonyl (C=O) groups is 1. The molecule has 1 aliphatic rings. The highest BCUT2D eigenvalue weighted by Gasteiger charge is 2.28. The molecule has 0 N–H and O–H groups in total. The van der Waals surface area contributed by atoms with Gasteiger partial charge >= 0.3 is 0 Å². The molecule has 1 atom stereocenters. The summed E-state index contributed by atoms with van der Waals surface area (Å²) in [5, 5.41) is 4.73. The SMILES string of the molecule is [N-]=[N+]=NCC1CC(=O)N(CCc2cc(Cl)cc(Cl)c2)C1. The van der Waals surface area contributed by atoms with E-state index < -0.39 is 0 Å². The van der Waals surface area contributed by atoms with Crippen LogP contribution in [0.1, 0.15) is 12.0 Å². The second kappa shape index (κ2) is 6.84. The monoisotopic (exact) mass is 312 g/mol. The number of azide groups is 1. The molecule has 0 saturated carbocycles. The summed E-state index contributed by atoms with van der Waals surface area (Å²) in [7, 11) is 0. The Labute approximate surface area is 127 Å². The van der Waals surface area contributed by atoms with Gasteiger partial charge in [-0.1, -0.05) is 28.3 Å². The van der Waals surface area contributed by atoms with Crippen LogP contribution in [-0.2, 0) is 11.2 Å². The van der Waals surface area contributed by atoms with Crippen molar-refractivity contribution >= 4 is 29.1 Å². The van der Waals surface area contributed by atoms with Gasteiger partial charge in [-0.15, -0.1) is 0 Å². The molecule has 20 heavy (non-hydrogen) atoms. The first-order valence-electron chi connectivity index (χ1n) is 6.32. The molecule has 1 aromatic carbocycles. The predicted octanol–water partition coefficient (Wildman–Crippen LogP) is 3.69. The fourth-order valence-corrected chi connectivity index (χ4v) is 2.93. The quantitative estimate of drug-likeness (QED) is 0.464. The number of hydrogen-bond acceptors (Lipinski definition) is 2. The molecule has 7 heteroatoms. The van der Waals surface area contributed by atoms with E-state index in [0.29, 0.717) is 42.5 Å². The zero-order valence-electron chi connectivity index (χ0n) is 10.8. The minimum atomic E-state index is 0.108. The molecule has 1 amide bonds. The van der Waals surface area contributed by atoms with Gasteiger partial charge in [-0.05, 0) is 41.6 Å². The molecule has 2 rings (SSSR count). The standard InChI is InChI=1S/C13H14Cl2N4O/c14-11-3-9(4-12(15)6-11)1-2-19-8-10(5-13(19)20)7-17-18-16/h3-4,6,10H,1-2,5,7-8H2. The second-order valence-corrected chi connectivity index (χ2v) is 5.72. The molecule has 0 radical (unpaired) electrons. The van der Waals surface area contributed by atoms with Gasteiger partial charge in [0, 0.05) is 41.0 Å². The predicted molar refractivity (Wildman–Crippen MR) is 78.9 cm³/mol. The number of carbonyl (C=O) groups excluding carboxylic acids is 1. The number of amides is 1. The van der Waals surface area contributed by atoms with Crippen LogP contribution < -0.4 is 0 Å². The summed E-state index contributed by atoms with van der Waals surface area (Å²) in [5.74, 6) is 0.234. The smallest absolute Gasteiger partial charge is 0.222 e. The maximum atomic E-state index is 11.8. The Morgan fingerprint density at radius 2 is 2.05 bits per heavy atom. The van der Waals surface area contributed by atoms with Crippen molar-refractivity contribution in [1.29, 1.82) is 0 Å². The molecule has 0 bridgehead atoms. The van der Waals surface area contributed by atoms with E-state index in [-0.39, 0.29) is 11.8 Å². The number of rotatable bonds is 5. The molecular weight excluding hydrogens is 299 g/mol. The average molecular weight is 313 g/mol. The van der Waals surface area contributed by atoms with Gasteiger partial charge in [0.2, 0.25) is 5.91 Å². The lowest BCUT2D eigenvalue weighted by Crippen LogP contribution is -2.27. The van der Waals surface area contributed by atoms with E-state index in [9.17, 15) is 4.79 Å². The lowest BCUT2D eigenvalue weighted by atomic mass is 10.1. The molecule has 0 aliphatic carbocycles. The molecule has 5 nitrogen and oxygen atoms in total. The topological polar surface area (TPSA) is 69.1 Å². The van der Waals surface area contributed by atoms with Gasteiger partial charge in [-0.25, -0.2) is 0 Å². The highest BCUT2D eigenvalue weighted by molar-refractivity contribution is 6.34. The third-order valence-corrected chi connectivity index (χ3v) is 3.73. The number of nitrogens with zero attached hydrogens (tertiary/aromatic N) is 4. The molecule has 1 unspecified atom stereocenters. The highest BCUT2D eigenvalue weighted by atomic mass is 35.5. The van der Waals surface area contributed by atoms with Gasteiger partial charge in [0.05, 0.1) is 0 Å². The van der Waals surface area contributed by atoms with E-state index in [0.717, 1.165) is 5.56 Å². The van der Waals surface area contributed by atoms with Crippen LogP contribution in [0.3, 0.4) is 0 Å². The van der Waals surface area contributed by atoms with Crippen LogP contribution >= 0.6 is 23.2 Å². The zero-order chi connectivity index (χ0) is 14.5. The van der Waals surface area contributed by atoms with Crippen molar-refractivity contribution in [3.8, 4) is 0 Å². The second-order valence-electron chi connectivity index (χ2n) is 4.85. The lowest BCUT2D eigenvalue weighted by molar-refractivity contribution is -0.127. The van der Waals surface area contributed by atoms with Crippen LogP contribution in [0, 0.1) is 5.92 Å². The first kappa shape index (κ1) is 15.0. The summed E-state index contributed by atoms with van der Waals surface area (Å²) in [6.45, 7) is 1.65. The summed E-state index contributed by atoms with van der Waals surface area (Å²) in [4.78, 5) is 16.4. The van der Waals surface area contributed by atoms with E-state index in [1.165, 1.54) is 0 Å². The molecule has 0 aromatic heterocycles. The van der Waals surface area contributed by atoms with Gasteiger partial charge < -0.3 is 4.90 Å². The molecule has 1 aromatic rings. The molecule has 106 valence electrons. The normalized spacial score (nSPS) is 18.2. The van der Waals surface area contributed by atoms with Crippen LogP contribution in [0.5, 0.6) is 0 Å². The molecular formula is C13H14Cl2N4O. The largest absolute Gasteiger partial charge is 0.342 e. The van der Waals surface area contributed by atoms with Gasteiger partial charge in [0.1, 0.15) is 0 Å². The van der Waals surface area contributed by atoms with Gasteiger partial charge in [0.15, 0.2) is 0 Å². The molecule has 1 fully saturated rings. The van der Waals surface area contributed by atoms with Crippen molar-refractivity contribution in [3.05, 3.63) is 44.3 Å². The maximum absolute atomic E-state index is 11.8. The molecule has 1 saturated heterocycles. The minimum absolute atomic E-state index is 0.108. The summed E-state index contributed by atoms with van der Waals surface area (Å²) in [6, 6.07) is 5.39. The van der Waals surface area contributed by atoms with Gasteiger partial charge in [0.25, 0.3) is 0 Å². The Bertz CT molecular complexity index is 537. The Hall–Kier alpha value is -1.42. The van der Waals surface area contributed by atoms with Crippen LogP contribution in [0.4, 0.5) is 0 Å². The minimum Gasteiger partial charge on any atom is -0.342 e. The van der Waals surface area contributed by atoms with Crippen LogP contribution in [0.15, 0.2) is 23.3 Å². The lowest BCUT2D eigenvalue weighted by Gasteiger charge is -2.16. The third-order valence-electron chi connectivity index (χ3n) is 3.29. The molecule has 0 spiro atoms. The van der Waals surface area contributed by atoms with E-state index in [4.69, 9.17) is 28.7 Å². The number of halogens is 2. The van der Waals surface area contributed by atoms with E-state index >= 15 is 0 Å². The highest BCUT2D eigenvalue weighted by Crippen LogP contribution is 2.22. The summed E-state index contributed by atoms with van der Waals surface area (Å²) >= 11 is 11.9.